The van der Waals surface area contributed by atoms with E-state index in [4.69, 9.17) is 0 Å². The lowest BCUT2D eigenvalue weighted by molar-refractivity contribution is 1.25. The van der Waals surface area contributed by atoms with Crippen molar-refractivity contribution in [1.29, 1.82) is 0 Å². The molecule has 2 rings (SSSR count). The molecule has 1 heterocycles. The third-order valence-corrected chi connectivity index (χ3v) is 4.35. The highest BCUT2D eigenvalue weighted by Gasteiger charge is 2.08. The number of nitrogens with zero attached hydrogens (tertiary/aromatic N) is 1. The molecule has 0 fully saturated rings. The van der Waals surface area contributed by atoms with E-state index in [0.717, 1.165) is 9.61 Å². The van der Waals surface area contributed by atoms with Gasteiger partial charge in [-0.3, -0.25) is 0 Å². The van der Waals surface area contributed by atoms with Crippen molar-refractivity contribution in [2.24, 2.45) is 0 Å². The molecule has 0 saturated heterocycles. The summed E-state index contributed by atoms with van der Waals surface area (Å²) in [6.45, 7) is 6.47. The van der Waals surface area contributed by atoms with Crippen LogP contribution in [0.5, 0.6) is 0 Å². The minimum absolute atomic E-state index is 0.917. The Kier molecular flexibility index (Phi) is 2.94. The first-order valence-corrected chi connectivity index (χ1v) is 6.45. The Balaban J connectivity index is 2.59. The molecule has 1 aromatic heterocycles. The van der Waals surface area contributed by atoms with Crippen molar-refractivity contribution in [2.45, 2.75) is 20.8 Å². The molecule has 0 radical (unpaired) electrons. The molecule has 1 nitrogen and oxygen atoms in total. The molecule has 0 atom stereocenters. The van der Waals surface area contributed by atoms with Crippen LogP contribution in [0.4, 0.5) is 0 Å². The number of rotatable bonds is 1. The lowest BCUT2D eigenvalue weighted by Crippen LogP contribution is -1.90. The van der Waals surface area contributed by atoms with E-state index in [0.29, 0.717) is 0 Å². The third kappa shape index (κ3) is 1.99. The number of benzene rings is 1. The average Bonchev–Trinajstić information content (AvgIpc) is 2.61. The second-order valence-electron chi connectivity index (χ2n) is 3.66. The first kappa shape index (κ1) is 10.8. The van der Waals surface area contributed by atoms with Gasteiger partial charge in [-0.2, -0.15) is 0 Å². The van der Waals surface area contributed by atoms with Gasteiger partial charge >= 0.3 is 0 Å². The van der Waals surface area contributed by atoms with E-state index in [-0.39, 0.29) is 0 Å². The van der Waals surface area contributed by atoms with Crippen LogP contribution in [0, 0.1) is 20.8 Å². The van der Waals surface area contributed by atoms with E-state index >= 15 is 0 Å². The maximum Gasteiger partial charge on any atom is 0.124 e. The van der Waals surface area contributed by atoms with Gasteiger partial charge < -0.3 is 0 Å². The van der Waals surface area contributed by atoms with Gasteiger partial charge in [0.05, 0.1) is 0 Å². The largest absolute Gasteiger partial charge is 0.229 e. The van der Waals surface area contributed by atoms with Crippen LogP contribution in [0.25, 0.3) is 10.6 Å². The van der Waals surface area contributed by atoms with E-state index in [2.05, 4.69) is 53.8 Å². The van der Waals surface area contributed by atoms with E-state index in [1.807, 2.05) is 5.38 Å². The molecule has 0 aliphatic carbocycles. The Bertz CT molecular complexity index is 502. The van der Waals surface area contributed by atoms with Crippen LogP contribution in [0.3, 0.4) is 0 Å². The van der Waals surface area contributed by atoms with Crippen LogP contribution >= 0.6 is 27.3 Å². The Morgan fingerprint density at radius 3 is 2.47 bits per heavy atom. The molecular weight excluding hydrogens is 270 g/mol. The summed E-state index contributed by atoms with van der Waals surface area (Å²) in [5, 5.41) is 3.10. The van der Waals surface area contributed by atoms with Crippen LogP contribution in [0.15, 0.2) is 22.1 Å². The van der Waals surface area contributed by atoms with Gasteiger partial charge in [-0.05, 0) is 53.4 Å². The standard InChI is InChI=1S/C12H12BrNS/c1-7-4-5-10(9(3)8(7)2)12-14-11(13)6-15-12/h4-6H,1-3H3. The second-order valence-corrected chi connectivity index (χ2v) is 5.33. The van der Waals surface area contributed by atoms with E-state index in [1.54, 1.807) is 11.3 Å². The fourth-order valence-corrected chi connectivity index (χ4v) is 2.90. The lowest BCUT2D eigenvalue weighted by atomic mass is 9.99. The summed E-state index contributed by atoms with van der Waals surface area (Å²) in [4.78, 5) is 4.45. The fourth-order valence-electron chi connectivity index (χ4n) is 1.57. The van der Waals surface area contributed by atoms with Crippen molar-refractivity contribution in [1.82, 2.24) is 4.98 Å². The van der Waals surface area contributed by atoms with Crippen molar-refractivity contribution >= 4 is 27.3 Å². The van der Waals surface area contributed by atoms with Crippen molar-refractivity contribution in [3.63, 3.8) is 0 Å². The number of aromatic nitrogens is 1. The molecule has 78 valence electrons. The molecule has 0 aliphatic rings. The Morgan fingerprint density at radius 1 is 1.13 bits per heavy atom. The smallest absolute Gasteiger partial charge is 0.124 e. The minimum atomic E-state index is 0.917. The molecule has 0 N–H and O–H groups in total. The molecule has 2 aromatic rings. The van der Waals surface area contributed by atoms with Gasteiger partial charge in [0.25, 0.3) is 0 Å². The van der Waals surface area contributed by atoms with Crippen LogP contribution in [0.2, 0.25) is 0 Å². The van der Waals surface area contributed by atoms with E-state index in [9.17, 15) is 0 Å². The summed E-state index contributed by atoms with van der Waals surface area (Å²) in [6.07, 6.45) is 0. The highest BCUT2D eigenvalue weighted by molar-refractivity contribution is 9.10. The summed E-state index contributed by atoms with van der Waals surface area (Å²) in [5.74, 6) is 0. The van der Waals surface area contributed by atoms with Crippen LogP contribution < -0.4 is 0 Å². The van der Waals surface area contributed by atoms with Crippen molar-refractivity contribution in [2.75, 3.05) is 0 Å². The minimum Gasteiger partial charge on any atom is -0.229 e. The monoisotopic (exact) mass is 281 g/mol. The highest BCUT2D eigenvalue weighted by atomic mass is 79.9. The van der Waals surface area contributed by atoms with Crippen LogP contribution in [-0.2, 0) is 0 Å². The van der Waals surface area contributed by atoms with E-state index < -0.39 is 0 Å². The molecule has 0 saturated carbocycles. The Hall–Kier alpha value is -0.670. The van der Waals surface area contributed by atoms with Gasteiger partial charge in [0.15, 0.2) is 0 Å². The molecule has 0 aliphatic heterocycles. The molecule has 3 heteroatoms. The Labute approximate surface area is 102 Å². The van der Waals surface area contributed by atoms with Crippen LogP contribution in [-0.4, -0.2) is 4.98 Å². The van der Waals surface area contributed by atoms with Crippen molar-refractivity contribution < 1.29 is 0 Å². The quantitative estimate of drug-likeness (QED) is 0.750. The van der Waals surface area contributed by atoms with Gasteiger partial charge in [0.1, 0.15) is 9.61 Å². The summed E-state index contributed by atoms with van der Waals surface area (Å²) in [6, 6.07) is 4.32. The number of thiazole rings is 1. The van der Waals surface area contributed by atoms with Gasteiger partial charge in [-0.15, -0.1) is 11.3 Å². The zero-order valence-electron chi connectivity index (χ0n) is 8.97. The molecule has 0 unspecified atom stereocenters. The maximum atomic E-state index is 4.45. The molecule has 0 spiro atoms. The number of hydrogen-bond donors (Lipinski definition) is 0. The molecule has 15 heavy (non-hydrogen) atoms. The molecule has 0 amide bonds. The van der Waals surface area contributed by atoms with E-state index in [1.165, 1.54) is 22.3 Å². The summed E-state index contributed by atoms with van der Waals surface area (Å²) >= 11 is 5.06. The zero-order chi connectivity index (χ0) is 11.0. The van der Waals surface area contributed by atoms with Crippen LogP contribution in [0.1, 0.15) is 16.7 Å². The molecule has 1 aromatic carbocycles. The number of hydrogen-bond acceptors (Lipinski definition) is 2. The molecule has 0 bridgehead atoms. The predicted octanol–water partition coefficient (Wildman–Crippen LogP) is 4.50. The highest BCUT2D eigenvalue weighted by Crippen LogP contribution is 2.30. The molecular formula is C12H12BrNS. The van der Waals surface area contributed by atoms with Gasteiger partial charge in [0.2, 0.25) is 0 Å². The average molecular weight is 282 g/mol. The van der Waals surface area contributed by atoms with Crippen molar-refractivity contribution in [3.05, 3.63) is 38.8 Å². The predicted molar refractivity (Wildman–Crippen MR) is 69.5 cm³/mol. The summed E-state index contributed by atoms with van der Waals surface area (Å²) < 4.78 is 0.917. The summed E-state index contributed by atoms with van der Waals surface area (Å²) in [7, 11) is 0. The first-order chi connectivity index (χ1) is 7.09. The second kappa shape index (κ2) is 4.06. The van der Waals surface area contributed by atoms with Gasteiger partial charge in [-0.1, -0.05) is 12.1 Å². The Morgan fingerprint density at radius 2 is 1.87 bits per heavy atom. The van der Waals surface area contributed by atoms with Gasteiger partial charge in [-0.25, -0.2) is 4.98 Å². The first-order valence-electron chi connectivity index (χ1n) is 4.78. The number of aryl methyl sites for hydroxylation is 1. The number of halogens is 1. The SMILES string of the molecule is Cc1ccc(-c2nc(Br)cs2)c(C)c1C. The topological polar surface area (TPSA) is 12.9 Å². The van der Waals surface area contributed by atoms with Gasteiger partial charge in [0, 0.05) is 10.9 Å². The summed E-state index contributed by atoms with van der Waals surface area (Å²) in [5.41, 5.74) is 5.27. The lowest BCUT2D eigenvalue weighted by Gasteiger charge is -2.08. The fraction of sp³-hybridized carbons (Fsp3) is 0.250. The maximum absolute atomic E-state index is 4.45. The van der Waals surface area contributed by atoms with Crippen molar-refractivity contribution in [3.8, 4) is 10.6 Å². The third-order valence-electron chi connectivity index (χ3n) is 2.76. The normalized spacial score (nSPS) is 10.7. The zero-order valence-corrected chi connectivity index (χ0v) is 11.4.